The Balaban J connectivity index is 2.07. The molecule has 1 atom stereocenters. The van der Waals surface area contributed by atoms with Gasteiger partial charge in [-0.3, -0.25) is 0 Å². The fourth-order valence-electron chi connectivity index (χ4n) is 1.51. The standard InChI is InChI=1S/C12H11BrClNS/c13-12-6-9(7-16-12)11(15)5-8-1-3-10(14)4-2-8/h1-4,6-7,11H,5,15H2. The van der Waals surface area contributed by atoms with Crippen molar-refractivity contribution in [2.45, 2.75) is 12.5 Å². The van der Waals surface area contributed by atoms with E-state index in [9.17, 15) is 0 Å². The summed E-state index contributed by atoms with van der Waals surface area (Å²) in [6.45, 7) is 0. The van der Waals surface area contributed by atoms with Crippen molar-refractivity contribution in [3.05, 3.63) is 55.6 Å². The van der Waals surface area contributed by atoms with Gasteiger partial charge in [0.25, 0.3) is 0 Å². The van der Waals surface area contributed by atoms with Crippen molar-refractivity contribution in [1.82, 2.24) is 0 Å². The Kier molecular flexibility index (Phi) is 4.03. The van der Waals surface area contributed by atoms with Crippen LogP contribution in [0, 0.1) is 0 Å². The van der Waals surface area contributed by atoms with Crippen molar-refractivity contribution in [2.24, 2.45) is 5.73 Å². The summed E-state index contributed by atoms with van der Waals surface area (Å²) >= 11 is 10.9. The summed E-state index contributed by atoms with van der Waals surface area (Å²) in [5.41, 5.74) is 8.51. The minimum absolute atomic E-state index is 0.0451. The quantitative estimate of drug-likeness (QED) is 0.892. The van der Waals surface area contributed by atoms with E-state index in [4.69, 9.17) is 17.3 Å². The number of hydrogen-bond donors (Lipinski definition) is 1. The molecule has 0 radical (unpaired) electrons. The summed E-state index contributed by atoms with van der Waals surface area (Å²) in [7, 11) is 0. The zero-order chi connectivity index (χ0) is 11.5. The van der Waals surface area contributed by atoms with E-state index in [1.165, 1.54) is 11.1 Å². The van der Waals surface area contributed by atoms with Crippen LogP contribution in [-0.4, -0.2) is 0 Å². The fraction of sp³-hybridized carbons (Fsp3) is 0.167. The average molecular weight is 317 g/mol. The molecule has 0 bridgehead atoms. The third-order valence-corrected chi connectivity index (χ3v) is 4.16. The van der Waals surface area contributed by atoms with Crippen LogP contribution in [-0.2, 0) is 6.42 Å². The van der Waals surface area contributed by atoms with Crippen molar-refractivity contribution < 1.29 is 0 Å². The minimum atomic E-state index is 0.0451. The number of nitrogens with two attached hydrogens (primary N) is 1. The first kappa shape index (κ1) is 12.1. The summed E-state index contributed by atoms with van der Waals surface area (Å²) in [5.74, 6) is 0. The molecule has 1 aromatic carbocycles. The van der Waals surface area contributed by atoms with E-state index in [1.54, 1.807) is 11.3 Å². The number of halogens is 2. The smallest absolute Gasteiger partial charge is 0.0701 e. The van der Waals surface area contributed by atoms with Crippen LogP contribution in [0.2, 0.25) is 5.02 Å². The first-order chi connectivity index (χ1) is 7.65. The molecule has 1 nitrogen and oxygen atoms in total. The fourth-order valence-corrected chi connectivity index (χ4v) is 2.88. The van der Waals surface area contributed by atoms with Crippen LogP contribution in [0.5, 0.6) is 0 Å². The molecule has 0 aliphatic carbocycles. The molecule has 2 aromatic rings. The van der Waals surface area contributed by atoms with E-state index in [-0.39, 0.29) is 6.04 Å². The Morgan fingerprint density at radius 3 is 2.56 bits per heavy atom. The molecule has 16 heavy (non-hydrogen) atoms. The molecule has 0 aliphatic rings. The van der Waals surface area contributed by atoms with Crippen LogP contribution in [0.25, 0.3) is 0 Å². The van der Waals surface area contributed by atoms with Crippen LogP contribution in [0.15, 0.2) is 39.5 Å². The van der Waals surface area contributed by atoms with E-state index in [2.05, 4.69) is 27.4 Å². The van der Waals surface area contributed by atoms with Crippen molar-refractivity contribution in [3.63, 3.8) is 0 Å². The third kappa shape index (κ3) is 3.08. The van der Waals surface area contributed by atoms with Gasteiger partial charge in [-0.25, -0.2) is 0 Å². The molecule has 0 spiro atoms. The van der Waals surface area contributed by atoms with Gasteiger partial charge in [-0.05, 0) is 57.1 Å². The highest BCUT2D eigenvalue weighted by atomic mass is 79.9. The number of hydrogen-bond acceptors (Lipinski definition) is 2. The Morgan fingerprint density at radius 2 is 2.00 bits per heavy atom. The summed E-state index contributed by atoms with van der Waals surface area (Å²) < 4.78 is 1.12. The van der Waals surface area contributed by atoms with Gasteiger partial charge < -0.3 is 5.73 Å². The highest BCUT2D eigenvalue weighted by molar-refractivity contribution is 9.11. The molecule has 2 N–H and O–H groups in total. The van der Waals surface area contributed by atoms with Gasteiger partial charge in [0, 0.05) is 11.1 Å². The Labute approximate surface area is 112 Å². The summed E-state index contributed by atoms with van der Waals surface area (Å²) in [6.07, 6.45) is 0.834. The molecular formula is C12H11BrClNS. The lowest BCUT2D eigenvalue weighted by Gasteiger charge is -2.09. The molecular weight excluding hydrogens is 306 g/mol. The van der Waals surface area contributed by atoms with Crippen molar-refractivity contribution in [1.29, 1.82) is 0 Å². The molecule has 0 saturated heterocycles. The summed E-state index contributed by atoms with van der Waals surface area (Å²) in [6, 6.07) is 9.95. The molecule has 84 valence electrons. The molecule has 0 amide bonds. The first-order valence-electron chi connectivity index (χ1n) is 4.89. The van der Waals surface area contributed by atoms with Crippen LogP contribution in [0.3, 0.4) is 0 Å². The van der Waals surface area contributed by atoms with Crippen molar-refractivity contribution >= 4 is 38.9 Å². The number of thiophene rings is 1. The van der Waals surface area contributed by atoms with Gasteiger partial charge >= 0.3 is 0 Å². The Morgan fingerprint density at radius 1 is 1.31 bits per heavy atom. The lowest BCUT2D eigenvalue weighted by atomic mass is 10.0. The van der Waals surface area contributed by atoms with Gasteiger partial charge in [0.2, 0.25) is 0 Å². The molecule has 2 rings (SSSR count). The zero-order valence-electron chi connectivity index (χ0n) is 8.49. The maximum absolute atomic E-state index is 6.13. The van der Waals surface area contributed by atoms with Gasteiger partial charge in [-0.15, -0.1) is 11.3 Å². The molecule has 1 heterocycles. The van der Waals surface area contributed by atoms with Crippen LogP contribution >= 0.6 is 38.9 Å². The lowest BCUT2D eigenvalue weighted by molar-refractivity contribution is 0.725. The van der Waals surface area contributed by atoms with Gasteiger partial charge in [0.05, 0.1) is 3.79 Å². The van der Waals surface area contributed by atoms with Gasteiger partial charge in [-0.2, -0.15) is 0 Å². The highest BCUT2D eigenvalue weighted by Crippen LogP contribution is 2.26. The minimum Gasteiger partial charge on any atom is -0.324 e. The van der Waals surface area contributed by atoms with E-state index in [1.807, 2.05) is 24.3 Å². The zero-order valence-corrected chi connectivity index (χ0v) is 11.6. The predicted molar refractivity (Wildman–Crippen MR) is 74.1 cm³/mol. The predicted octanol–water partition coefficient (Wildman–Crippen LogP) is 4.41. The maximum atomic E-state index is 6.13. The second-order valence-electron chi connectivity index (χ2n) is 3.62. The summed E-state index contributed by atoms with van der Waals surface area (Å²) in [4.78, 5) is 0. The molecule has 1 unspecified atom stereocenters. The van der Waals surface area contributed by atoms with Crippen molar-refractivity contribution in [3.8, 4) is 0 Å². The van der Waals surface area contributed by atoms with Gasteiger partial charge in [0.1, 0.15) is 0 Å². The molecule has 4 heteroatoms. The molecule has 0 saturated carbocycles. The first-order valence-corrected chi connectivity index (χ1v) is 6.94. The van der Waals surface area contributed by atoms with E-state index in [0.29, 0.717) is 0 Å². The number of rotatable bonds is 3. The highest BCUT2D eigenvalue weighted by Gasteiger charge is 2.08. The van der Waals surface area contributed by atoms with Crippen LogP contribution < -0.4 is 5.73 Å². The van der Waals surface area contributed by atoms with E-state index < -0.39 is 0 Å². The second kappa shape index (κ2) is 5.32. The monoisotopic (exact) mass is 315 g/mol. The lowest BCUT2D eigenvalue weighted by Crippen LogP contribution is -2.12. The SMILES string of the molecule is NC(Cc1ccc(Cl)cc1)c1csc(Br)c1. The molecule has 1 aromatic heterocycles. The third-order valence-electron chi connectivity index (χ3n) is 2.38. The average Bonchev–Trinajstić information content (AvgIpc) is 2.68. The number of benzene rings is 1. The van der Waals surface area contributed by atoms with Crippen LogP contribution in [0.4, 0.5) is 0 Å². The largest absolute Gasteiger partial charge is 0.324 e. The topological polar surface area (TPSA) is 26.0 Å². The van der Waals surface area contributed by atoms with Gasteiger partial charge in [-0.1, -0.05) is 23.7 Å². The maximum Gasteiger partial charge on any atom is 0.0701 e. The van der Waals surface area contributed by atoms with Crippen molar-refractivity contribution in [2.75, 3.05) is 0 Å². The normalized spacial score (nSPS) is 12.7. The molecule has 0 fully saturated rings. The van der Waals surface area contributed by atoms with Gasteiger partial charge in [0.15, 0.2) is 0 Å². The molecule has 0 aliphatic heterocycles. The Hall–Kier alpha value is -0.350. The Bertz CT molecular complexity index is 466. The summed E-state index contributed by atoms with van der Waals surface area (Å²) in [5, 5.41) is 2.85. The van der Waals surface area contributed by atoms with E-state index >= 15 is 0 Å². The second-order valence-corrected chi connectivity index (χ2v) is 6.35. The van der Waals surface area contributed by atoms with Crippen LogP contribution in [0.1, 0.15) is 17.2 Å². The van der Waals surface area contributed by atoms with E-state index in [0.717, 1.165) is 15.2 Å².